The highest BCUT2D eigenvalue weighted by Crippen LogP contribution is 2.27. The summed E-state index contributed by atoms with van der Waals surface area (Å²) in [6.45, 7) is 1.67. The molecule has 3 aliphatic rings. The second-order valence-corrected chi connectivity index (χ2v) is 10.9. The van der Waals surface area contributed by atoms with E-state index in [1.807, 2.05) is 12.1 Å². The van der Waals surface area contributed by atoms with Gasteiger partial charge in [0.1, 0.15) is 6.04 Å². The summed E-state index contributed by atoms with van der Waals surface area (Å²) in [5.41, 5.74) is 2.37. The summed E-state index contributed by atoms with van der Waals surface area (Å²) in [6.07, 6.45) is 6.80. The third-order valence-electron chi connectivity index (χ3n) is 7.04. The molecule has 0 bridgehead atoms. The van der Waals surface area contributed by atoms with Crippen molar-refractivity contribution in [3.63, 3.8) is 0 Å². The molecule has 2 saturated heterocycles. The van der Waals surface area contributed by atoms with Crippen molar-refractivity contribution >= 4 is 21.8 Å². The van der Waals surface area contributed by atoms with Crippen LogP contribution in [0.3, 0.4) is 0 Å². The zero-order valence-corrected chi connectivity index (χ0v) is 19.4. The highest BCUT2D eigenvalue weighted by atomic mass is 32.2. The highest BCUT2D eigenvalue weighted by molar-refractivity contribution is 7.89. The van der Waals surface area contributed by atoms with E-state index in [1.54, 1.807) is 28.0 Å². The van der Waals surface area contributed by atoms with Crippen molar-refractivity contribution in [2.24, 2.45) is 0 Å². The molecule has 2 aromatic rings. The van der Waals surface area contributed by atoms with Gasteiger partial charge in [0.05, 0.1) is 11.2 Å². The maximum absolute atomic E-state index is 13.3. The molecule has 33 heavy (non-hydrogen) atoms. The lowest BCUT2D eigenvalue weighted by atomic mass is 10.00. The van der Waals surface area contributed by atoms with E-state index in [4.69, 9.17) is 4.42 Å². The smallest absolute Gasteiger partial charge is 0.290 e. The summed E-state index contributed by atoms with van der Waals surface area (Å²) in [5, 5.41) is 0. The second-order valence-electron chi connectivity index (χ2n) is 9.00. The van der Waals surface area contributed by atoms with E-state index in [9.17, 15) is 18.0 Å². The Hall–Kier alpha value is -2.65. The first-order valence-corrected chi connectivity index (χ1v) is 13.1. The SMILES string of the molecule is O=C(C1CCCCN1C(=O)c1ccco1)N1CCN(S(=O)(=O)c2ccc3c(c2)CCC3)CC1. The third-order valence-corrected chi connectivity index (χ3v) is 8.93. The monoisotopic (exact) mass is 471 g/mol. The van der Waals surface area contributed by atoms with E-state index in [0.29, 0.717) is 31.0 Å². The first kappa shape index (κ1) is 22.2. The summed E-state index contributed by atoms with van der Waals surface area (Å²) in [4.78, 5) is 29.8. The Labute approximate surface area is 194 Å². The van der Waals surface area contributed by atoms with E-state index >= 15 is 0 Å². The summed E-state index contributed by atoms with van der Waals surface area (Å²) < 4.78 is 33.1. The van der Waals surface area contributed by atoms with Gasteiger partial charge in [-0.25, -0.2) is 8.42 Å². The van der Waals surface area contributed by atoms with E-state index in [1.165, 1.54) is 16.1 Å². The molecule has 9 heteroatoms. The standard InChI is InChI=1S/C24H29N3O5S/c28-23(21-7-1-2-11-27(21)24(29)22-8-4-16-32-22)25-12-14-26(15-13-25)33(30,31)20-10-9-18-5-3-6-19(18)17-20/h4,8-10,16-17,21H,1-3,5-7,11-15H2. The number of furan rings is 1. The average Bonchev–Trinajstić information content (AvgIpc) is 3.55. The van der Waals surface area contributed by atoms with Crippen molar-refractivity contribution < 1.29 is 22.4 Å². The molecule has 1 aromatic carbocycles. The van der Waals surface area contributed by atoms with Crippen LogP contribution in [0.2, 0.25) is 0 Å². The number of benzene rings is 1. The number of carbonyl (C=O) groups is 2. The molecule has 2 amide bonds. The molecule has 2 aliphatic heterocycles. The first-order chi connectivity index (χ1) is 15.9. The normalized spacial score (nSPS) is 21.8. The van der Waals surface area contributed by atoms with Crippen molar-refractivity contribution in [3.05, 3.63) is 53.5 Å². The fourth-order valence-corrected chi connectivity index (χ4v) is 6.66. The second kappa shape index (κ2) is 8.95. The Morgan fingerprint density at radius 3 is 2.45 bits per heavy atom. The molecule has 8 nitrogen and oxygen atoms in total. The van der Waals surface area contributed by atoms with Crippen molar-refractivity contribution in [2.45, 2.75) is 49.5 Å². The number of aryl methyl sites for hydroxylation is 2. The molecule has 1 atom stereocenters. The van der Waals surface area contributed by atoms with Gasteiger partial charge in [0.15, 0.2) is 5.76 Å². The quantitative estimate of drug-likeness (QED) is 0.683. The Morgan fingerprint density at radius 2 is 1.70 bits per heavy atom. The molecule has 1 aliphatic carbocycles. The molecule has 1 aromatic heterocycles. The molecule has 0 radical (unpaired) electrons. The number of hydrogen-bond donors (Lipinski definition) is 0. The van der Waals surface area contributed by atoms with Gasteiger partial charge in [0.2, 0.25) is 15.9 Å². The fourth-order valence-electron chi connectivity index (χ4n) is 5.19. The predicted octanol–water partition coefficient (Wildman–Crippen LogP) is 2.30. The summed E-state index contributed by atoms with van der Waals surface area (Å²) in [7, 11) is -3.59. The topological polar surface area (TPSA) is 91.1 Å². The Kier molecular flexibility index (Phi) is 6.01. The predicted molar refractivity (Wildman–Crippen MR) is 121 cm³/mol. The Morgan fingerprint density at radius 1 is 0.909 bits per heavy atom. The van der Waals surface area contributed by atoms with Crippen LogP contribution in [0.4, 0.5) is 0 Å². The Balaban J connectivity index is 1.25. The average molecular weight is 472 g/mol. The molecule has 176 valence electrons. The molecule has 0 saturated carbocycles. The van der Waals surface area contributed by atoms with E-state index in [0.717, 1.165) is 37.7 Å². The summed E-state index contributed by atoms with van der Waals surface area (Å²) in [6, 6.07) is 8.20. The molecule has 2 fully saturated rings. The maximum Gasteiger partial charge on any atom is 0.290 e. The van der Waals surface area contributed by atoms with Crippen LogP contribution < -0.4 is 0 Å². The largest absolute Gasteiger partial charge is 0.459 e. The minimum atomic E-state index is -3.59. The fraction of sp³-hybridized carbons (Fsp3) is 0.500. The minimum absolute atomic E-state index is 0.107. The molecule has 0 spiro atoms. The van der Waals surface area contributed by atoms with Crippen LogP contribution >= 0.6 is 0 Å². The lowest BCUT2D eigenvalue weighted by Gasteiger charge is -2.40. The number of amides is 2. The van der Waals surface area contributed by atoms with Gasteiger partial charge in [0.25, 0.3) is 5.91 Å². The van der Waals surface area contributed by atoms with E-state index in [2.05, 4.69) is 0 Å². The number of piperazine rings is 1. The lowest BCUT2D eigenvalue weighted by Crippen LogP contribution is -2.57. The van der Waals surface area contributed by atoms with Gasteiger partial charge in [-0.05, 0) is 73.9 Å². The van der Waals surface area contributed by atoms with Crippen LogP contribution in [-0.2, 0) is 27.7 Å². The van der Waals surface area contributed by atoms with Gasteiger partial charge in [0, 0.05) is 32.7 Å². The van der Waals surface area contributed by atoms with Crippen molar-refractivity contribution in [3.8, 4) is 0 Å². The van der Waals surface area contributed by atoms with Crippen molar-refractivity contribution in [2.75, 3.05) is 32.7 Å². The third kappa shape index (κ3) is 4.19. The van der Waals surface area contributed by atoms with Gasteiger partial charge in [-0.15, -0.1) is 0 Å². The van der Waals surface area contributed by atoms with Gasteiger partial charge in [-0.2, -0.15) is 4.31 Å². The van der Waals surface area contributed by atoms with E-state index in [-0.39, 0.29) is 30.7 Å². The van der Waals surface area contributed by atoms with Crippen molar-refractivity contribution in [1.82, 2.24) is 14.1 Å². The number of hydrogen-bond acceptors (Lipinski definition) is 5. The molecule has 0 N–H and O–H groups in total. The zero-order valence-electron chi connectivity index (χ0n) is 18.6. The van der Waals surface area contributed by atoms with Gasteiger partial charge < -0.3 is 14.2 Å². The molecule has 1 unspecified atom stereocenters. The Bertz CT molecular complexity index is 1140. The van der Waals surface area contributed by atoms with Crippen LogP contribution in [0, 0.1) is 0 Å². The van der Waals surface area contributed by atoms with E-state index < -0.39 is 16.1 Å². The number of carbonyl (C=O) groups excluding carboxylic acids is 2. The minimum Gasteiger partial charge on any atom is -0.459 e. The zero-order chi connectivity index (χ0) is 23.0. The van der Waals surface area contributed by atoms with Gasteiger partial charge in [-0.1, -0.05) is 6.07 Å². The number of likely N-dealkylation sites (tertiary alicyclic amines) is 1. The molecule has 5 rings (SSSR count). The summed E-state index contributed by atoms with van der Waals surface area (Å²) in [5.74, 6) is -0.139. The lowest BCUT2D eigenvalue weighted by molar-refractivity contribution is -0.138. The first-order valence-electron chi connectivity index (χ1n) is 11.7. The van der Waals surface area contributed by atoms with Crippen LogP contribution in [0.25, 0.3) is 0 Å². The maximum atomic E-state index is 13.3. The number of rotatable bonds is 4. The van der Waals surface area contributed by atoms with Crippen LogP contribution in [0.15, 0.2) is 45.9 Å². The van der Waals surface area contributed by atoms with Crippen LogP contribution in [-0.4, -0.2) is 73.1 Å². The molecular formula is C24H29N3O5S. The highest BCUT2D eigenvalue weighted by Gasteiger charge is 2.38. The van der Waals surface area contributed by atoms with Crippen LogP contribution in [0.1, 0.15) is 47.4 Å². The summed E-state index contributed by atoms with van der Waals surface area (Å²) >= 11 is 0. The van der Waals surface area contributed by atoms with Gasteiger partial charge >= 0.3 is 0 Å². The molecular weight excluding hydrogens is 442 g/mol. The number of sulfonamides is 1. The van der Waals surface area contributed by atoms with Crippen LogP contribution in [0.5, 0.6) is 0 Å². The number of fused-ring (bicyclic) bond motifs is 1. The number of piperidine rings is 1. The van der Waals surface area contributed by atoms with Crippen molar-refractivity contribution in [1.29, 1.82) is 0 Å². The van der Waals surface area contributed by atoms with Gasteiger partial charge in [-0.3, -0.25) is 9.59 Å². The molecule has 3 heterocycles. The number of nitrogens with zero attached hydrogens (tertiary/aromatic N) is 3.